The van der Waals surface area contributed by atoms with Gasteiger partial charge in [-0.25, -0.2) is 13.8 Å². The van der Waals surface area contributed by atoms with Gasteiger partial charge in [-0.15, -0.1) is 0 Å². The van der Waals surface area contributed by atoms with E-state index >= 15 is 0 Å². The molecule has 2 aromatic rings. The van der Waals surface area contributed by atoms with Crippen molar-refractivity contribution in [2.24, 2.45) is 0 Å². The number of aliphatic hydroxyl groups is 1. The average Bonchev–Trinajstić information content (AvgIpc) is 2.72. The number of aromatic nitrogens is 2. The molecule has 0 saturated carbocycles. The van der Waals surface area contributed by atoms with Gasteiger partial charge in [0, 0.05) is 24.2 Å². The zero-order valence-electron chi connectivity index (χ0n) is 11.3. The fourth-order valence-electron chi connectivity index (χ4n) is 3.65. The van der Waals surface area contributed by atoms with E-state index in [1.807, 2.05) is 0 Å². The molecule has 4 rings (SSSR count). The Labute approximate surface area is 120 Å². The van der Waals surface area contributed by atoms with Crippen LogP contribution >= 0.6 is 0 Å². The molecule has 1 N–H and O–H groups in total. The third-order valence-electron chi connectivity index (χ3n) is 4.54. The lowest BCUT2D eigenvalue weighted by Crippen LogP contribution is -2.45. The van der Waals surface area contributed by atoms with Crippen LogP contribution in [0.5, 0.6) is 0 Å². The van der Waals surface area contributed by atoms with E-state index in [4.69, 9.17) is 0 Å². The van der Waals surface area contributed by atoms with Crippen molar-refractivity contribution >= 4 is 16.9 Å². The Bertz CT molecular complexity index is 695. The van der Waals surface area contributed by atoms with Gasteiger partial charge >= 0.3 is 0 Å². The number of rotatable bonds is 1. The lowest BCUT2D eigenvalue weighted by molar-refractivity contribution is 0.126. The number of hydrogen-bond donors (Lipinski definition) is 1. The Morgan fingerprint density at radius 3 is 2.33 bits per heavy atom. The molecule has 4 nitrogen and oxygen atoms in total. The molecule has 0 amide bonds. The first-order chi connectivity index (χ1) is 10.1. The van der Waals surface area contributed by atoms with Gasteiger partial charge < -0.3 is 10.0 Å². The second-order valence-corrected chi connectivity index (χ2v) is 5.90. The smallest absolute Gasteiger partial charge is 0.161 e. The number of fused-ring (bicyclic) bond motifs is 3. The molecule has 2 aliphatic heterocycles. The molecule has 1 aromatic heterocycles. The number of aliphatic hydroxyl groups excluding tert-OH is 1. The van der Waals surface area contributed by atoms with Gasteiger partial charge in [0.1, 0.15) is 5.82 Å². The monoisotopic (exact) mass is 291 g/mol. The number of hydrogen-bond acceptors (Lipinski definition) is 4. The second kappa shape index (κ2) is 4.59. The first-order valence-corrected chi connectivity index (χ1v) is 7.20. The molecule has 2 aliphatic rings. The first-order valence-electron chi connectivity index (χ1n) is 7.20. The van der Waals surface area contributed by atoms with Crippen LogP contribution in [0.4, 0.5) is 14.6 Å². The van der Waals surface area contributed by atoms with Crippen molar-refractivity contribution in [3.05, 3.63) is 30.0 Å². The second-order valence-electron chi connectivity index (χ2n) is 5.90. The summed E-state index contributed by atoms with van der Waals surface area (Å²) < 4.78 is 26.6. The van der Waals surface area contributed by atoms with Crippen LogP contribution in [0.15, 0.2) is 18.3 Å². The molecule has 0 aliphatic carbocycles. The molecule has 2 saturated heterocycles. The van der Waals surface area contributed by atoms with Gasteiger partial charge in [0.15, 0.2) is 11.6 Å². The van der Waals surface area contributed by atoms with Crippen molar-refractivity contribution in [1.82, 2.24) is 9.97 Å². The molecular weight excluding hydrogens is 276 g/mol. The Kier molecular flexibility index (Phi) is 2.82. The number of halogens is 2. The van der Waals surface area contributed by atoms with Gasteiger partial charge in [-0.1, -0.05) is 0 Å². The van der Waals surface area contributed by atoms with Crippen LogP contribution in [0.1, 0.15) is 25.7 Å². The fourth-order valence-corrected chi connectivity index (χ4v) is 3.65. The SMILES string of the molecule is OC1C[C@H]2CC[C@@H](C1)N2c1cnc2cc(F)c(F)cc2n1. The maximum Gasteiger partial charge on any atom is 0.161 e. The highest BCUT2D eigenvalue weighted by atomic mass is 19.2. The summed E-state index contributed by atoms with van der Waals surface area (Å²) >= 11 is 0. The van der Waals surface area contributed by atoms with Crippen LogP contribution in [0, 0.1) is 11.6 Å². The van der Waals surface area contributed by atoms with E-state index in [1.54, 1.807) is 6.20 Å². The maximum atomic E-state index is 13.4. The van der Waals surface area contributed by atoms with Crippen molar-refractivity contribution < 1.29 is 13.9 Å². The van der Waals surface area contributed by atoms with E-state index in [1.165, 1.54) is 0 Å². The van der Waals surface area contributed by atoms with Crippen molar-refractivity contribution in [2.45, 2.75) is 43.9 Å². The summed E-state index contributed by atoms with van der Waals surface area (Å²) in [5.41, 5.74) is 0.707. The molecule has 2 bridgehead atoms. The Morgan fingerprint density at radius 2 is 1.67 bits per heavy atom. The first kappa shape index (κ1) is 12.9. The van der Waals surface area contributed by atoms with Gasteiger partial charge in [-0.2, -0.15) is 0 Å². The Balaban J connectivity index is 1.76. The highest BCUT2D eigenvalue weighted by molar-refractivity contribution is 5.76. The van der Waals surface area contributed by atoms with E-state index in [2.05, 4.69) is 14.9 Å². The highest BCUT2D eigenvalue weighted by Gasteiger charge is 2.40. The third kappa shape index (κ3) is 2.05. The summed E-state index contributed by atoms with van der Waals surface area (Å²) in [4.78, 5) is 10.8. The molecule has 3 atom stereocenters. The van der Waals surface area contributed by atoms with Crippen LogP contribution in [-0.2, 0) is 0 Å². The Hall–Kier alpha value is -1.82. The highest BCUT2D eigenvalue weighted by Crippen LogP contribution is 2.38. The number of anilines is 1. The molecule has 21 heavy (non-hydrogen) atoms. The number of benzene rings is 1. The van der Waals surface area contributed by atoms with Crippen LogP contribution in [0.3, 0.4) is 0 Å². The topological polar surface area (TPSA) is 49.2 Å². The summed E-state index contributed by atoms with van der Waals surface area (Å²) in [6.45, 7) is 0. The molecule has 0 radical (unpaired) electrons. The molecular formula is C15H15F2N3O. The molecule has 2 fully saturated rings. The minimum absolute atomic E-state index is 0.251. The van der Waals surface area contributed by atoms with Gasteiger partial charge in [-0.05, 0) is 25.7 Å². The van der Waals surface area contributed by atoms with Gasteiger partial charge in [-0.3, -0.25) is 4.98 Å². The van der Waals surface area contributed by atoms with Crippen molar-refractivity contribution in [3.63, 3.8) is 0 Å². The maximum absolute atomic E-state index is 13.4. The lowest BCUT2D eigenvalue weighted by atomic mass is 10.00. The zero-order valence-corrected chi connectivity index (χ0v) is 11.3. The van der Waals surface area contributed by atoms with E-state index in [-0.39, 0.29) is 18.2 Å². The van der Waals surface area contributed by atoms with E-state index in [0.29, 0.717) is 16.9 Å². The average molecular weight is 291 g/mol. The standard InChI is InChI=1S/C15H15F2N3O/c16-11-5-13-14(6-12(11)17)19-15(7-18-13)20-8-1-2-9(20)4-10(21)3-8/h5-10,21H,1-4H2/t8-,9+,10?. The zero-order chi connectivity index (χ0) is 14.6. The molecule has 6 heteroatoms. The predicted molar refractivity (Wildman–Crippen MR) is 74.0 cm³/mol. The van der Waals surface area contributed by atoms with Crippen molar-refractivity contribution in [1.29, 1.82) is 0 Å². The summed E-state index contributed by atoms with van der Waals surface area (Å²) in [5, 5.41) is 9.84. The van der Waals surface area contributed by atoms with Crippen LogP contribution in [0.2, 0.25) is 0 Å². The quantitative estimate of drug-likeness (QED) is 0.876. The van der Waals surface area contributed by atoms with Crippen molar-refractivity contribution in [3.8, 4) is 0 Å². The van der Waals surface area contributed by atoms with Gasteiger partial charge in [0.05, 0.1) is 23.3 Å². The largest absolute Gasteiger partial charge is 0.393 e. The van der Waals surface area contributed by atoms with E-state index in [9.17, 15) is 13.9 Å². The minimum Gasteiger partial charge on any atom is -0.393 e. The molecule has 0 spiro atoms. The fraction of sp³-hybridized carbons (Fsp3) is 0.467. The van der Waals surface area contributed by atoms with Gasteiger partial charge in [0.2, 0.25) is 0 Å². The Morgan fingerprint density at radius 1 is 1.05 bits per heavy atom. The van der Waals surface area contributed by atoms with Crippen LogP contribution in [-0.4, -0.2) is 33.3 Å². The molecule has 3 heterocycles. The van der Waals surface area contributed by atoms with Crippen LogP contribution in [0.25, 0.3) is 11.0 Å². The number of piperidine rings is 1. The van der Waals surface area contributed by atoms with Gasteiger partial charge in [0.25, 0.3) is 0 Å². The summed E-state index contributed by atoms with van der Waals surface area (Å²) in [6, 6.07) is 2.67. The normalized spacial score (nSPS) is 28.3. The van der Waals surface area contributed by atoms with E-state index < -0.39 is 11.6 Å². The number of nitrogens with zero attached hydrogens (tertiary/aromatic N) is 3. The minimum atomic E-state index is -0.911. The van der Waals surface area contributed by atoms with Crippen LogP contribution < -0.4 is 4.90 Å². The lowest BCUT2D eigenvalue weighted by Gasteiger charge is -2.37. The molecule has 1 aromatic carbocycles. The summed E-state index contributed by atoms with van der Waals surface area (Å²) in [5.74, 6) is -1.13. The predicted octanol–water partition coefficient (Wildman–Crippen LogP) is 2.40. The van der Waals surface area contributed by atoms with Crippen molar-refractivity contribution in [2.75, 3.05) is 4.90 Å². The summed E-state index contributed by atoms with van der Waals surface area (Å²) in [7, 11) is 0. The summed E-state index contributed by atoms with van der Waals surface area (Å²) in [6.07, 6.45) is 4.88. The molecule has 1 unspecified atom stereocenters. The third-order valence-corrected chi connectivity index (χ3v) is 4.54. The molecule has 110 valence electrons. The van der Waals surface area contributed by atoms with E-state index in [0.717, 1.165) is 37.8 Å².